The first-order valence-corrected chi connectivity index (χ1v) is 11.4. The van der Waals surface area contributed by atoms with Gasteiger partial charge in [-0.1, -0.05) is 30.3 Å². The van der Waals surface area contributed by atoms with E-state index in [9.17, 15) is 18.0 Å². The summed E-state index contributed by atoms with van der Waals surface area (Å²) in [6.07, 6.45) is 9.51. The molecule has 0 aromatic heterocycles. The van der Waals surface area contributed by atoms with Crippen molar-refractivity contribution in [3.05, 3.63) is 42.0 Å². The van der Waals surface area contributed by atoms with Crippen molar-refractivity contribution < 1.29 is 23.1 Å². The third-order valence-electron chi connectivity index (χ3n) is 1.86. The van der Waals surface area contributed by atoms with Gasteiger partial charge < -0.3 is 10.4 Å². The number of benzene rings is 1. The number of hydrogen-bond acceptors (Lipinski definition) is 5. The fraction of sp³-hybridized carbons (Fsp3) is 0.312. The van der Waals surface area contributed by atoms with Crippen LogP contribution < -0.4 is 10.6 Å². The molecule has 0 heterocycles. The van der Waals surface area contributed by atoms with E-state index in [0.29, 0.717) is 0 Å². The molecule has 146 valence electrons. The third kappa shape index (κ3) is 24.3. The molecule has 7 nitrogen and oxygen atoms in total. The number of carboxylic acid groups (broad SMARTS) is 1. The minimum absolute atomic E-state index is 0.0138. The van der Waals surface area contributed by atoms with Gasteiger partial charge in [-0.3, -0.25) is 23.3 Å². The second kappa shape index (κ2) is 16.6. The molecule has 10 heteroatoms. The summed E-state index contributed by atoms with van der Waals surface area (Å²) in [4.78, 5) is 21.7. The maximum absolute atomic E-state index is 11.4. The largest absolute Gasteiger partial charge is 0.480 e. The normalized spacial score (nSPS) is 9.62. The summed E-state index contributed by atoms with van der Waals surface area (Å²) in [5, 5.41) is 13.1. The first-order valence-electron chi connectivity index (χ1n) is 7.08. The van der Waals surface area contributed by atoms with Gasteiger partial charge in [-0.25, -0.2) is 0 Å². The van der Waals surface area contributed by atoms with Crippen molar-refractivity contribution in [2.24, 2.45) is 0 Å². The number of aliphatic carboxylic acids is 1. The first-order chi connectivity index (χ1) is 12.0. The molecule has 3 N–H and O–H groups in total. The smallest absolute Gasteiger partial charge is 0.322 e. The zero-order valence-electron chi connectivity index (χ0n) is 15.1. The molecule has 0 spiro atoms. The Morgan fingerprint density at radius 3 is 1.96 bits per heavy atom. The molecule has 1 aromatic rings. The van der Waals surface area contributed by atoms with Crippen LogP contribution in [-0.2, 0) is 31.2 Å². The SMILES string of the molecule is CS(C)=O.CS(C)=O.O=C(O)CNC(=S)NC(=O)/C=C/c1ccccc1. The van der Waals surface area contributed by atoms with E-state index in [4.69, 9.17) is 17.3 Å². The maximum Gasteiger partial charge on any atom is 0.322 e. The zero-order chi connectivity index (χ0) is 20.5. The van der Waals surface area contributed by atoms with Crippen LogP contribution in [0, 0.1) is 0 Å². The highest BCUT2D eigenvalue weighted by Gasteiger charge is 2.02. The van der Waals surface area contributed by atoms with Gasteiger partial charge in [-0.2, -0.15) is 0 Å². The Morgan fingerprint density at radius 1 is 1.08 bits per heavy atom. The van der Waals surface area contributed by atoms with Crippen molar-refractivity contribution in [1.29, 1.82) is 0 Å². The molecule has 0 atom stereocenters. The van der Waals surface area contributed by atoms with Crippen molar-refractivity contribution in [1.82, 2.24) is 10.6 Å². The van der Waals surface area contributed by atoms with Gasteiger partial charge in [0.05, 0.1) is 0 Å². The molecular weight excluding hydrogens is 396 g/mol. The summed E-state index contributed by atoms with van der Waals surface area (Å²) in [6, 6.07) is 9.30. The predicted octanol–water partition coefficient (Wildman–Crippen LogP) is 0.765. The fourth-order valence-corrected chi connectivity index (χ4v) is 1.26. The summed E-state index contributed by atoms with van der Waals surface area (Å²) >= 11 is 4.74. The second-order valence-corrected chi connectivity index (χ2v) is 8.17. The molecule has 0 radical (unpaired) electrons. The predicted molar refractivity (Wildman–Crippen MR) is 112 cm³/mol. The number of hydrogen-bond donors (Lipinski definition) is 3. The van der Waals surface area contributed by atoms with E-state index in [0.717, 1.165) is 5.56 Å². The van der Waals surface area contributed by atoms with E-state index in [1.807, 2.05) is 30.3 Å². The lowest BCUT2D eigenvalue weighted by atomic mass is 10.2. The Labute approximate surface area is 164 Å². The molecule has 26 heavy (non-hydrogen) atoms. The van der Waals surface area contributed by atoms with E-state index in [-0.39, 0.29) is 11.7 Å². The Morgan fingerprint density at radius 2 is 1.54 bits per heavy atom. The van der Waals surface area contributed by atoms with Crippen LogP contribution in [0.25, 0.3) is 6.08 Å². The topological polar surface area (TPSA) is 113 Å². The van der Waals surface area contributed by atoms with Gasteiger partial charge >= 0.3 is 5.97 Å². The van der Waals surface area contributed by atoms with Crippen molar-refractivity contribution in [3.63, 3.8) is 0 Å². The molecule has 0 bridgehead atoms. The van der Waals surface area contributed by atoms with E-state index in [1.165, 1.54) is 6.08 Å². The Hall–Kier alpha value is -1.91. The first kappa shape index (κ1) is 26.3. The standard InChI is InChI=1S/C12H12N2O3S.2C2H6OS/c15-10(14-12(18)13-8-11(16)17)7-6-9-4-2-1-3-5-9;2*1-4(2)3/h1-7H,8H2,(H,16,17)(H2,13,14,15,18);2*1-2H3/b7-6+;;. The number of carbonyl (C=O) groups excluding carboxylic acids is 1. The van der Waals surface area contributed by atoms with E-state index < -0.39 is 33.5 Å². The Balaban J connectivity index is 0. The second-order valence-electron chi connectivity index (χ2n) is 4.79. The number of thiocarbonyl (C=S) groups is 1. The summed E-state index contributed by atoms with van der Waals surface area (Å²) in [7, 11) is -1.22. The van der Waals surface area contributed by atoms with Crippen LogP contribution in [0.1, 0.15) is 5.56 Å². The molecule has 1 aromatic carbocycles. The molecule has 0 unspecified atom stereocenters. The molecule has 0 aliphatic rings. The highest BCUT2D eigenvalue weighted by atomic mass is 32.2. The minimum Gasteiger partial charge on any atom is -0.480 e. The van der Waals surface area contributed by atoms with Crippen molar-refractivity contribution in [3.8, 4) is 0 Å². The van der Waals surface area contributed by atoms with Crippen molar-refractivity contribution in [2.75, 3.05) is 31.6 Å². The monoisotopic (exact) mass is 420 g/mol. The summed E-state index contributed by atoms with van der Waals surface area (Å²) in [6.45, 7) is -0.332. The van der Waals surface area contributed by atoms with Crippen LogP contribution in [0.5, 0.6) is 0 Å². The Kier molecular flexibility index (Phi) is 16.8. The average Bonchev–Trinajstić information content (AvgIpc) is 2.51. The zero-order valence-corrected chi connectivity index (χ0v) is 17.5. The highest BCUT2D eigenvalue weighted by molar-refractivity contribution is 7.83. The maximum atomic E-state index is 11.4. The lowest BCUT2D eigenvalue weighted by Gasteiger charge is -2.04. The number of nitrogens with one attached hydrogen (secondary N) is 2. The van der Waals surface area contributed by atoms with Gasteiger partial charge in [-0.05, 0) is 23.9 Å². The van der Waals surface area contributed by atoms with Crippen molar-refractivity contribution >= 4 is 56.9 Å². The minimum atomic E-state index is -1.05. The summed E-state index contributed by atoms with van der Waals surface area (Å²) in [5.41, 5.74) is 0.886. The van der Waals surface area contributed by atoms with Crippen molar-refractivity contribution in [2.45, 2.75) is 0 Å². The van der Waals surface area contributed by atoms with E-state index in [1.54, 1.807) is 31.1 Å². The highest BCUT2D eigenvalue weighted by Crippen LogP contribution is 2.00. The number of carboxylic acids is 1. The fourth-order valence-electron chi connectivity index (χ4n) is 1.09. The quantitative estimate of drug-likeness (QED) is 0.487. The number of amides is 1. The van der Waals surface area contributed by atoms with Crippen LogP contribution in [0.15, 0.2) is 36.4 Å². The van der Waals surface area contributed by atoms with Gasteiger partial charge in [0.1, 0.15) is 6.54 Å². The van der Waals surface area contributed by atoms with Gasteiger partial charge in [-0.15, -0.1) is 0 Å². The molecular formula is C16H24N2O5S3. The van der Waals surface area contributed by atoms with E-state index in [2.05, 4.69) is 10.6 Å². The van der Waals surface area contributed by atoms with E-state index >= 15 is 0 Å². The number of rotatable bonds is 4. The summed E-state index contributed by atoms with van der Waals surface area (Å²) in [5.74, 6) is -1.46. The lowest BCUT2D eigenvalue weighted by molar-refractivity contribution is -0.135. The van der Waals surface area contributed by atoms with Crippen LogP contribution in [0.3, 0.4) is 0 Å². The third-order valence-corrected chi connectivity index (χ3v) is 2.11. The molecule has 0 fully saturated rings. The average molecular weight is 421 g/mol. The van der Waals surface area contributed by atoms with Gasteiger partial charge in [0.25, 0.3) is 0 Å². The van der Waals surface area contributed by atoms with Crippen LogP contribution >= 0.6 is 12.2 Å². The molecule has 0 saturated carbocycles. The molecule has 0 aliphatic heterocycles. The lowest BCUT2D eigenvalue weighted by Crippen LogP contribution is -2.40. The Bertz CT molecular complexity index is 629. The molecule has 0 aliphatic carbocycles. The molecule has 0 saturated heterocycles. The summed E-state index contributed by atoms with van der Waals surface area (Å²) < 4.78 is 19.1. The number of carbonyl (C=O) groups is 2. The molecule has 1 rings (SSSR count). The van der Waals surface area contributed by atoms with Gasteiger partial charge in [0, 0.05) is 52.7 Å². The van der Waals surface area contributed by atoms with Crippen LogP contribution in [-0.4, -0.2) is 62.1 Å². The van der Waals surface area contributed by atoms with Crippen LogP contribution in [0.4, 0.5) is 0 Å². The molecule has 1 amide bonds. The van der Waals surface area contributed by atoms with Gasteiger partial charge in [0.15, 0.2) is 5.11 Å². The van der Waals surface area contributed by atoms with Crippen LogP contribution in [0.2, 0.25) is 0 Å². The van der Waals surface area contributed by atoms with Gasteiger partial charge in [0.2, 0.25) is 5.91 Å².